The molecular weight excluding hydrogens is 266 g/mol. The molecule has 0 aromatic carbocycles. The average Bonchev–Trinajstić information content (AvgIpc) is 2.82. The molecule has 0 unspecified atom stereocenters. The van der Waals surface area contributed by atoms with Crippen LogP contribution in [0.5, 0.6) is 0 Å². The number of unbranched alkanes of at least 4 members (excludes halogenated alkanes) is 6. The Bertz CT molecular complexity index is 355. The van der Waals surface area contributed by atoms with Crippen molar-refractivity contribution in [1.82, 2.24) is 15.5 Å². The van der Waals surface area contributed by atoms with Crippen molar-refractivity contribution in [3.05, 3.63) is 10.0 Å². The molecule has 1 rings (SSSR count). The van der Waals surface area contributed by atoms with Crippen molar-refractivity contribution in [2.75, 3.05) is 0 Å². The molecule has 0 saturated heterocycles. The zero-order chi connectivity index (χ0) is 14.8. The quantitative estimate of drug-likeness (QED) is 0.635. The lowest BCUT2D eigenvalue weighted by Gasteiger charge is -2.19. The molecule has 0 amide bonds. The van der Waals surface area contributed by atoms with Gasteiger partial charge in [-0.25, -0.2) is 0 Å². The molecule has 116 valence electrons. The van der Waals surface area contributed by atoms with Crippen LogP contribution in [-0.4, -0.2) is 15.7 Å². The van der Waals surface area contributed by atoms with Crippen LogP contribution in [0.2, 0.25) is 0 Å². The fourth-order valence-electron chi connectivity index (χ4n) is 2.03. The van der Waals surface area contributed by atoms with Crippen LogP contribution in [0.3, 0.4) is 0 Å². The van der Waals surface area contributed by atoms with Crippen LogP contribution >= 0.6 is 11.3 Å². The Hall–Kier alpha value is -0.480. The fraction of sp³-hybridized carbons (Fsp3) is 0.875. The topological polar surface area (TPSA) is 37.8 Å². The standard InChI is InChI=1S/C16H31N3S/c1-5-6-7-8-9-10-11-12-14-18-19-15(20-14)13-17-16(2,3)4/h17H,5-13H2,1-4H3. The third kappa shape index (κ3) is 8.64. The Morgan fingerprint density at radius 3 is 2.15 bits per heavy atom. The summed E-state index contributed by atoms with van der Waals surface area (Å²) in [6.07, 6.45) is 10.6. The highest BCUT2D eigenvalue weighted by molar-refractivity contribution is 7.11. The lowest BCUT2D eigenvalue weighted by atomic mass is 10.1. The van der Waals surface area contributed by atoms with Gasteiger partial charge in [0.05, 0.1) is 6.54 Å². The van der Waals surface area contributed by atoms with E-state index in [0.29, 0.717) is 0 Å². The first-order chi connectivity index (χ1) is 9.51. The van der Waals surface area contributed by atoms with Gasteiger partial charge in [-0.15, -0.1) is 21.5 Å². The minimum Gasteiger partial charge on any atom is -0.306 e. The first kappa shape index (κ1) is 17.6. The third-order valence-electron chi connectivity index (χ3n) is 3.27. The van der Waals surface area contributed by atoms with E-state index in [1.165, 1.54) is 50.0 Å². The van der Waals surface area contributed by atoms with Crippen LogP contribution in [0, 0.1) is 0 Å². The number of aryl methyl sites for hydroxylation is 1. The van der Waals surface area contributed by atoms with Crippen molar-refractivity contribution in [3.63, 3.8) is 0 Å². The van der Waals surface area contributed by atoms with Crippen molar-refractivity contribution in [3.8, 4) is 0 Å². The van der Waals surface area contributed by atoms with Gasteiger partial charge >= 0.3 is 0 Å². The Labute approximate surface area is 128 Å². The Morgan fingerprint density at radius 2 is 1.50 bits per heavy atom. The van der Waals surface area contributed by atoms with Gasteiger partial charge in [-0.05, 0) is 27.2 Å². The molecule has 0 aliphatic heterocycles. The molecule has 0 spiro atoms. The second-order valence-electron chi connectivity index (χ2n) is 6.56. The minimum atomic E-state index is 0.143. The Balaban J connectivity index is 2.11. The molecule has 3 nitrogen and oxygen atoms in total. The Kier molecular flexibility index (Phi) is 8.31. The molecule has 1 N–H and O–H groups in total. The first-order valence-electron chi connectivity index (χ1n) is 8.07. The molecule has 0 aliphatic carbocycles. The van der Waals surface area contributed by atoms with E-state index >= 15 is 0 Å². The number of rotatable bonds is 10. The van der Waals surface area contributed by atoms with Gasteiger partial charge in [0.2, 0.25) is 0 Å². The molecule has 20 heavy (non-hydrogen) atoms. The molecule has 0 bridgehead atoms. The number of aromatic nitrogens is 2. The van der Waals surface area contributed by atoms with E-state index < -0.39 is 0 Å². The van der Waals surface area contributed by atoms with Crippen molar-refractivity contribution in [2.24, 2.45) is 0 Å². The lowest BCUT2D eigenvalue weighted by molar-refractivity contribution is 0.423. The molecule has 0 aliphatic rings. The van der Waals surface area contributed by atoms with Gasteiger partial charge in [0.25, 0.3) is 0 Å². The highest BCUT2D eigenvalue weighted by Crippen LogP contribution is 2.15. The summed E-state index contributed by atoms with van der Waals surface area (Å²) in [7, 11) is 0. The maximum atomic E-state index is 4.29. The summed E-state index contributed by atoms with van der Waals surface area (Å²) >= 11 is 1.76. The molecular formula is C16H31N3S. The van der Waals surface area contributed by atoms with Gasteiger partial charge in [-0.3, -0.25) is 0 Å². The Morgan fingerprint density at radius 1 is 0.900 bits per heavy atom. The fourth-order valence-corrected chi connectivity index (χ4v) is 2.86. The number of nitrogens with one attached hydrogen (secondary N) is 1. The predicted molar refractivity (Wildman–Crippen MR) is 88.2 cm³/mol. The summed E-state index contributed by atoms with van der Waals surface area (Å²) in [6, 6.07) is 0. The summed E-state index contributed by atoms with van der Waals surface area (Å²) in [6.45, 7) is 9.62. The summed E-state index contributed by atoms with van der Waals surface area (Å²) < 4.78 is 0. The maximum absolute atomic E-state index is 4.29. The molecule has 0 saturated carbocycles. The molecule has 4 heteroatoms. The molecule has 0 radical (unpaired) electrons. The monoisotopic (exact) mass is 297 g/mol. The molecule has 1 aromatic rings. The van der Waals surface area contributed by atoms with Gasteiger partial charge in [-0.2, -0.15) is 0 Å². The van der Waals surface area contributed by atoms with E-state index in [-0.39, 0.29) is 5.54 Å². The summed E-state index contributed by atoms with van der Waals surface area (Å²) in [5, 5.41) is 14.3. The largest absolute Gasteiger partial charge is 0.306 e. The summed E-state index contributed by atoms with van der Waals surface area (Å²) in [4.78, 5) is 0. The van der Waals surface area contributed by atoms with E-state index in [1.807, 2.05) is 0 Å². The molecule has 0 fully saturated rings. The highest BCUT2D eigenvalue weighted by atomic mass is 32.1. The van der Waals surface area contributed by atoms with Crippen molar-refractivity contribution < 1.29 is 0 Å². The molecule has 1 aromatic heterocycles. The second-order valence-corrected chi connectivity index (χ2v) is 7.71. The average molecular weight is 298 g/mol. The van der Waals surface area contributed by atoms with Crippen LogP contribution in [0.4, 0.5) is 0 Å². The highest BCUT2D eigenvalue weighted by Gasteiger charge is 2.10. The molecule has 1 heterocycles. The second kappa shape index (κ2) is 9.46. The van der Waals surface area contributed by atoms with E-state index in [2.05, 4.69) is 43.2 Å². The number of nitrogens with zero attached hydrogens (tertiary/aromatic N) is 2. The van der Waals surface area contributed by atoms with Crippen LogP contribution in [0.1, 0.15) is 82.7 Å². The third-order valence-corrected chi connectivity index (χ3v) is 4.26. The van der Waals surface area contributed by atoms with Gasteiger partial charge in [0.1, 0.15) is 10.0 Å². The van der Waals surface area contributed by atoms with Crippen molar-refractivity contribution in [1.29, 1.82) is 0 Å². The predicted octanol–water partition coefficient (Wildman–Crippen LogP) is 4.72. The van der Waals surface area contributed by atoms with Gasteiger partial charge in [0.15, 0.2) is 0 Å². The zero-order valence-electron chi connectivity index (χ0n) is 13.7. The zero-order valence-corrected chi connectivity index (χ0v) is 14.5. The van der Waals surface area contributed by atoms with Gasteiger partial charge < -0.3 is 5.32 Å². The molecule has 0 atom stereocenters. The normalized spacial score (nSPS) is 12.0. The van der Waals surface area contributed by atoms with Gasteiger partial charge in [-0.1, -0.05) is 45.4 Å². The lowest BCUT2D eigenvalue weighted by Crippen LogP contribution is -2.35. The van der Waals surface area contributed by atoms with Crippen molar-refractivity contribution >= 4 is 11.3 Å². The SMILES string of the molecule is CCCCCCCCCc1nnc(CNC(C)(C)C)s1. The number of hydrogen-bond donors (Lipinski definition) is 1. The first-order valence-corrected chi connectivity index (χ1v) is 8.89. The van der Waals surface area contributed by atoms with Crippen LogP contribution in [-0.2, 0) is 13.0 Å². The summed E-state index contributed by atoms with van der Waals surface area (Å²) in [5.74, 6) is 0. The van der Waals surface area contributed by atoms with Gasteiger partial charge in [0, 0.05) is 12.0 Å². The summed E-state index contributed by atoms with van der Waals surface area (Å²) in [5.41, 5.74) is 0.143. The maximum Gasteiger partial charge on any atom is 0.131 e. The van der Waals surface area contributed by atoms with E-state index in [4.69, 9.17) is 0 Å². The van der Waals surface area contributed by atoms with Crippen LogP contribution in [0.15, 0.2) is 0 Å². The van der Waals surface area contributed by atoms with Crippen LogP contribution in [0.25, 0.3) is 0 Å². The van der Waals surface area contributed by atoms with E-state index in [1.54, 1.807) is 11.3 Å². The van der Waals surface area contributed by atoms with Crippen LogP contribution < -0.4 is 5.32 Å². The van der Waals surface area contributed by atoms with E-state index in [0.717, 1.165) is 18.0 Å². The van der Waals surface area contributed by atoms with Crippen molar-refractivity contribution in [2.45, 2.75) is 91.1 Å². The minimum absolute atomic E-state index is 0.143. The smallest absolute Gasteiger partial charge is 0.131 e. The van der Waals surface area contributed by atoms with E-state index in [9.17, 15) is 0 Å². The number of hydrogen-bond acceptors (Lipinski definition) is 4.